The van der Waals surface area contributed by atoms with Gasteiger partial charge >= 0.3 is 5.97 Å². The molecule has 2 rings (SSSR count). The van der Waals surface area contributed by atoms with E-state index in [0.29, 0.717) is 11.5 Å². The molecule has 0 radical (unpaired) electrons. The molecule has 0 saturated heterocycles. The van der Waals surface area contributed by atoms with Crippen molar-refractivity contribution >= 4 is 12.0 Å². The van der Waals surface area contributed by atoms with E-state index in [4.69, 9.17) is 14.2 Å². The second-order valence-electron chi connectivity index (χ2n) is 4.81. The third-order valence-electron chi connectivity index (χ3n) is 3.28. The Morgan fingerprint density at radius 3 is 2.60 bits per heavy atom. The number of ether oxygens (including phenoxy) is 3. The first-order valence-electron chi connectivity index (χ1n) is 6.74. The summed E-state index contributed by atoms with van der Waals surface area (Å²) in [6.07, 6.45) is 5.39. The van der Waals surface area contributed by atoms with Gasteiger partial charge in [0.1, 0.15) is 0 Å². The largest absolute Gasteiger partial charge is 0.493 e. The molecule has 1 fully saturated rings. The zero-order chi connectivity index (χ0) is 14.5. The highest BCUT2D eigenvalue weighted by molar-refractivity contribution is 5.76. The second kappa shape index (κ2) is 6.46. The molecule has 0 heterocycles. The Hall–Kier alpha value is -1.97. The molecule has 1 atom stereocenters. The van der Waals surface area contributed by atoms with E-state index in [2.05, 4.69) is 0 Å². The number of hydrogen-bond donors (Lipinski definition) is 0. The van der Waals surface area contributed by atoms with Crippen molar-refractivity contribution in [2.45, 2.75) is 25.9 Å². The van der Waals surface area contributed by atoms with Crippen LogP contribution in [0.15, 0.2) is 24.3 Å². The third-order valence-corrected chi connectivity index (χ3v) is 3.28. The van der Waals surface area contributed by atoms with Crippen molar-refractivity contribution in [1.82, 2.24) is 0 Å². The smallest absolute Gasteiger partial charge is 0.347 e. The average molecular weight is 276 g/mol. The first kappa shape index (κ1) is 14.4. The van der Waals surface area contributed by atoms with Crippen LogP contribution in [-0.4, -0.2) is 26.3 Å². The molecule has 1 aliphatic carbocycles. The number of rotatable bonds is 6. The molecule has 0 N–H and O–H groups in total. The van der Waals surface area contributed by atoms with Crippen LogP contribution < -0.4 is 9.47 Å². The highest BCUT2D eigenvalue weighted by Gasteiger charge is 2.39. The van der Waals surface area contributed by atoms with E-state index in [9.17, 15) is 4.79 Å². The van der Waals surface area contributed by atoms with Gasteiger partial charge in [0, 0.05) is 5.92 Å². The molecule has 0 bridgehead atoms. The normalized spacial score (nSPS) is 15.9. The summed E-state index contributed by atoms with van der Waals surface area (Å²) in [6.45, 7) is 1.96. The van der Waals surface area contributed by atoms with Crippen molar-refractivity contribution in [2.75, 3.05) is 14.2 Å². The van der Waals surface area contributed by atoms with Gasteiger partial charge in [0.25, 0.3) is 0 Å². The van der Waals surface area contributed by atoms with Crippen molar-refractivity contribution in [3.63, 3.8) is 0 Å². The molecule has 4 heteroatoms. The minimum absolute atomic E-state index is 0.252. The molecule has 1 saturated carbocycles. The lowest BCUT2D eigenvalue weighted by Crippen LogP contribution is -2.30. The van der Waals surface area contributed by atoms with Gasteiger partial charge in [-0.3, -0.25) is 0 Å². The Morgan fingerprint density at radius 2 is 2.05 bits per heavy atom. The topological polar surface area (TPSA) is 44.8 Å². The van der Waals surface area contributed by atoms with E-state index in [1.165, 1.54) is 7.11 Å². The Morgan fingerprint density at radius 1 is 1.30 bits per heavy atom. The molecule has 20 heavy (non-hydrogen) atoms. The predicted octanol–water partition coefficient (Wildman–Crippen LogP) is 3.06. The van der Waals surface area contributed by atoms with E-state index in [-0.39, 0.29) is 11.9 Å². The molecule has 4 nitrogen and oxygen atoms in total. The lowest BCUT2D eigenvalue weighted by Gasteiger charge is -2.18. The van der Waals surface area contributed by atoms with Gasteiger partial charge in [0.15, 0.2) is 17.6 Å². The molecule has 1 aromatic carbocycles. The number of benzene rings is 1. The van der Waals surface area contributed by atoms with Crippen molar-refractivity contribution in [3.8, 4) is 11.5 Å². The Labute approximate surface area is 119 Å². The van der Waals surface area contributed by atoms with Crippen LogP contribution in [0.4, 0.5) is 0 Å². The second-order valence-corrected chi connectivity index (χ2v) is 4.81. The van der Waals surface area contributed by atoms with E-state index in [0.717, 1.165) is 18.4 Å². The number of methoxy groups -OCH3 is 2. The van der Waals surface area contributed by atoms with Gasteiger partial charge in [-0.05, 0) is 37.5 Å². The maximum atomic E-state index is 11.8. The summed E-state index contributed by atoms with van der Waals surface area (Å²) in [7, 11) is 2.97. The van der Waals surface area contributed by atoms with Gasteiger partial charge in [-0.1, -0.05) is 18.2 Å². The van der Waals surface area contributed by atoms with Crippen LogP contribution in [0.3, 0.4) is 0 Å². The summed E-state index contributed by atoms with van der Waals surface area (Å²) in [4.78, 5) is 11.8. The molecule has 0 spiro atoms. The molecule has 0 aromatic heterocycles. The number of esters is 1. The van der Waals surface area contributed by atoms with Crippen LogP contribution in [-0.2, 0) is 9.53 Å². The van der Waals surface area contributed by atoms with Crippen LogP contribution in [0.5, 0.6) is 11.5 Å². The fourth-order valence-corrected chi connectivity index (χ4v) is 2.07. The molecule has 0 amide bonds. The zero-order valence-electron chi connectivity index (χ0n) is 12.1. The zero-order valence-corrected chi connectivity index (χ0v) is 12.1. The van der Waals surface area contributed by atoms with Crippen LogP contribution in [0, 0.1) is 5.92 Å². The highest BCUT2D eigenvalue weighted by Crippen LogP contribution is 2.38. The monoisotopic (exact) mass is 276 g/mol. The molecule has 1 unspecified atom stereocenters. The van der Waals surface area contributed by atoms with Crippen molar-refractivity contribution < 1.29 is 19.0 Å². The Bertz CT molecular complexity index is 503. The van der Waals surface area contributed by atoms with Gasteiger partial charge in [-0.25, -0.2) is 4.79 Å². The quantitative estimate of drug-likeness (QED) is 0.749. The molecule has 1 aromatic rings. The fourth-order valence-electron chi connectivity index (χ4n) is 2.07. The average Bonchev–Trinajstić information content (AvgIpc) is 3.29. The van der Waals surface area contributed by atoms with Crippen LogP contribution in [0.1, 0.15) is 25.3 Å². The molecule has 0 aliphatic heterocycles. The van der Waals surface area contributed by atoms with Gasteiger partial charge in [0.05, 0.1) is 14.2 Å². The van der Waals surface area contributed by atoms with Gasteiger partial charge < -0.3 is 14.2 Å². The summed E-state index contributed by atoms with van der Waals surface area (Å²) >= 11 is 0. The molecule has 1 aliphatic rings. The van der Waals surface area contributed by atoms with Crippen molar-refractivity contribution in [3.05, 3.63) is 29.8 Å². The maximum Gasteiger partial charge on any atom is 0.347 e. The van der Waals surface area contributed by atoms with Gasteiger partial charge in [-0.15, -0.1) is 0 Å². The summed E-state index contributed by atoms with van der Waals surface area (Å²) in [6, 6.07) is 5.64. The summed E-state index contributed by atoms with van der Waals surface area (Å²) in [5.74, 6) is 1.12. The van der Waals surface area contributed by atoms with Crippen LogP contribution in [0.25, 0.3) is 6.08 Å². The Kier molecular flexibility index (Phi) is 4.66. The van der Waals surface area contributed by atoms with Crippen LogP contribution in [0.2, 0.25) is 0 Å². The first-order chi connectivity index (χ1) is 9.69. The van der Waals surface area contributed by atoms with Crippen molar-refractivity contribution in [2.24, 2.45) is 5.92 Å². The first-order valence-corrected chi connectivity index (χ1v) is 6.74. The number of carbonyl (C=O) groups is 1. The number of hydrogen-bond acceptors (Lipinski definition) is 4. The molecule has 108 valence electrons. The lowest BCUT2D eigenvalue weighted by atomic mass is 10.1. The summed E-state index contributed by atoms with van der Waals surface area (Å²) < 4.78 is 16.0. The standard InChI is InChI=1S/C16H20O4/c1-4-5-11-6-9-13(14(10-11)18-2)20-15(12-7-8-12)16(17)19-3/h4-6,9-10,12,15H,7-8H2,1-3H3. The van der Waals surface area contributed by atoms with Gasteiger partial charge in [0.2, 0.25) is 0 Å². The predicted molar refractivity (Wildman–Crippen MR) is 76.9 cm³/mol. The number of allylic oxidation sites excluding steroid dienone is 1. The van der Waals surface area contributed by atoms with Crippen molar-refractivity contribution in [1.29, 1.82) is 0 Å². The minimum atomic E-state index is -0.540. The van der Waals surface area contributed by atoms with E-state index >= 15 is 0 Å². The fraction of sp³-hybridized carbons (Fsp3) is 0.438. The van der Waals surface area contributed by atoms with E-state index in [1.54, 1.807) is 7.11 Å². The summed E-state index contributed by atoms with van der Waals surface area (Å²) in [5, 5.41) is 0. The molecular weight excluding hydrogens is 256 g/mol. The third kappa shape index (κ3) is 3.32. The van der Waals surface area contributed by atoms with E-state index < -0.39 is 6.10 Å². The van der Waals surface area contributed by atoms with Crippen LogP contribution >= 0.6 is 0 Å². The maximum absolute atomic E-state index is 11.8. The minimum Gasteiger partial charge on any atom is -0.493 e. The van der Waals surface area contributed by atoms with Gasteiger partial charge in [-0.2, -0.15) is 0 Å². The molecular formula is C16H20O4. The van der Waals surface area contributed by atoms with E-state index in [1.807, 2.05) is 37.3 Å². The summed E-state index contributed by atoms with van der Waals surface area (Å²) in [5.41, 5.74) is 1.03. The number of carbonyl (C=O) groups excluding carboxylic acids is 1. The lowest BCUT2D eigenvalue weighted by molar-refractivity contribution is -0.149. The highest BCUT2D eigenvalue weighted by atomic mass is 16.6. The Balaban J connectivity index is 2.20. The SMILES string of the molecule is CC=Cc1ccc(OC(C(=O)OC)C2CC2)c(OC)c1.